The maximum absolute atomic E-state index is 10.9. The lowest BCUT2D eigenvalue weighted by atomic mass is 10.1. The number of benzene rings is 1. The van der Waals surface area contributed by atoms with Crippen LogP contribution in [0.15, 0.2) is 23.1 Å². The molecule has 1 saturated carbocycles. The molecule has 0 unspecified atom stereocenters. The molecule has 1 aliphatic carbocycles. The van der Waals surface area contributed by atoms with E-state index in [0.29, 0.717) is 0 Å². The van der Waals surface area contributed by atoms with E-state index in [4.69, 9.17) is 0 Å². The van der Waals surface area contributed by atoms with Gasteiger partial charge in [-0.25, -0.2) is 0 Å². The Morgan fingerprint density at radius 1 is 1.39 bits per heavy atom. The van der Waals surface area contributed by atoms with Crippen molar-refractivity contribution in [2.75, 3.05) is 18.1 Å². The number of non-ortho nitro benzene ring substituents is 1. The average molecular weight is 266 g/mol. The van der Waals surface area contributed by atoms with Crippen LogP contribution in [0.25, 0.3) is 0 Å². The molecular formula is C13H18N2O2S. The van der Waals surface area contributed by atoms with Gasteiger partial charge in [0.15, 0.2) is 0 Å². The van der Waals surface area contributed by atoms with Crippen LogP contribution < -0.4 is 5.32 Å². The van der Waals surface area contributed by atoms with Crippen molar-refractivity contribution in [2.24, 2.45) is 5.92 Å². The fourth-order valence-electron chi connectivity index (χ4n) is 2.31. The number of hydrogen-bond acceptors (Lipinski definition) is 4. The summed E-state index contributed by atoms with van der Waals surface area (Å²) in [6.45, 7) is 0. The van der Waals surface area contributed by atoms with Gasteiger partial charge in [0.25, 0.3) is 5.69 Å². The van der Waals surface area contributed by atoms with Crippen molar-refractivity contribution in [3.63, 3.8) is 0 Å². The van der Waals surface area contributed by atoms with E-state index in [9.17, 15) is 10.1 Å². The van der Waals surface area contributed by atoms with Gasteiger partial charge in [0.1, 0.15) is 0 Å². The molecule has 0 radical (unpaired) electrons. The summed E-state index contributed by atoms with van der Waals surface area (Å²) in [5.74, 6) is 1.86. The molecular weight excluding hydrogens is 248 g/mol. The van der Waals surface area contributed by atoms with Crippen molar-refractivity contribution in [3.05, 3.63) is 28.3 Å². The molecule has 0 amide bonds. The molecule has 1 aromatic carbocycles. The Labute approximate surface area is 111 Å². The first-order chi connectivity index (χ1) is 8.69. The van der Waals surface area contributed by atoms with Crippen LogP contribution in [0.4, 0.5) is 11.4 Å². The molecule has 98 valence electrons. The normalized spacial score (nSPS) is 15.8. The topological polar surface area (TPSA) is 55.2 Å². The third kappa shape index (κ3) is 3.38. The van der Waals surface area contributed by atoms with Crippen molar-refractivity contribution in [1.82, 2.24) is 0 Å². The highest BCUT2D eigenvalue weighted by molar-refractivity contribution is 7.99. The zero-order valence-electron chi connectivity index (χ0n) is 10.5. The average Bonchev–Trinajstić information content (AvgIpc) is 2.89. The number of anilines is 1. The first-order valence-electron chi connectivity index (χ1n) is 6.29. The second kappa shape index (κ2) is 6.09. The summed E-state index contributed by atoms with van der Waals surface area (Å²) < 4.78 is 0. The Kier molecular flexibility index (Phi) is 4.47. The van der Waals surface area contributed by atoms with E-state index >= 15 is 0 Å². The molecule has 0 atom stereocenters. The zero-order chi connectivity index (χ0) is 13.0. The SMILES string of the molecule is CNc1cc(SCC2CCCC2)cc([N+](=O)[O-])c1. The quantitative estimate of drug-likeness (QED) is 0.498. The fourth-order valence-corrected chi connectivity index (χ4v) is 3.48. The van der Waals surface area contributed by atoms with Crippen LogP contribution in [0.5, 0.6) is 0 Å². The van der Waals surface area contributed by atoms with Crippen LogP contribution in [0.1, 0.15) is 25.7 Å². The number of hydrogen-bond donors (Lipinski definition) is 1. The van der Waals surface area contributed by atoms with Gasteiger partial charge in [-0.2, -0.15) is 0 Å². The monoisotopic (exact) mass is 266 g/mol. The van der Waals surface area contributed by atoms with Crippen molar-refractivity contribution < 1.29 is 4.92 Å². The van der Waals surface area contributed by atoms with Crippen LogP contribution >= 0.6 is 11.8 Å². The Morgan fingerprint density at radius 3 is 2.72 bits per heavy atom. The molecule has 1 aliphatic rings. The van der Waals surface area contributed by atoms with Crippen LogP contribution in [-0.4, -0.2) is 17.7 Å². The molecule has 0 bridgehead atoms. The largest absolute Gasteiger partial charge is 0.388 e. The van der Waals surface area contributed by atoms with Crippen LogP contribution in [0, 0.1) is 16.0 Å². The summed E-state index contributed by atoms with van der Waals surface area (Å²) in [6.07, 6.45) is 5.28. The lowest BCUT2D eigenvalue weighted by Gasteiger charge is -2.09. The zero-order valence-corrected chi connectivity index (χ0v) is 11.3. The predicted octanol–water partition coefficient (Wildman–Crippen LogP) is 3.92. The molecule has 0 aromatic heterocycles. The van der Waals surface area contributed by atoms with Crippen LogP contribution in [0.3, 0.4) is 0 Å². The minimum atomic E-state index is -0.333. The van der Waals surface area contributed by atoms with Gasteiger partial charge in [0.05, 0.1) is 4.92 Å². The molecule has 18 heavy (non-hydrogen) atoms. The van der Waals surface area contributed by atoms with Gasteiger partial charge in [-0.3, -0.25) is 10.1 Å². The van der Waals surface area contributed by atoms with E-state index < -0.39 is 0 Å². The molecule has 1 aromatic rings. The highest BCUT2D eigenvalue weighted by Crippen LogP contribution is 2.33. The van der Waals surface area contributed by atoms with Crippen molar-refractivity contribution in [1.29, 1.82) is 0 Å². The first-order valence-corrected chi connectivity index (χ1v) is 7.27. The van der Waals surface area contributed by atoms with E-state index in [0.717, 1.165) is 22.3 Å². The molecule has 0 spiro atoms. The lowest BCUT2D eigenvalue weighted by molar-refractivity contribution is -0.385. The third-order valence-electron chi connectivity index (χ3n) is 3.35. The molecule has 4 nitrogen and oxygen atoms in total. The fraction of sp³-hybridized carbons (Fsp3) is 0.538. The summed E-state index contributed by atoms with van der Waals surface area (Å²) in [6, 6.07) is 5.21. The maximum Gasteiger partial charge on any atom is 0.272 e. The highest BCUT2D eigenvalue weighted by atomic mass is 32.2. The minimum absolute atomic E-state index is 0.163. The summed E-state index contributed by atoms with van der Waals surface area (Å²) in [5.41, 5.74) is 0.967. The summed E-state index contributed by atoms with van der Waals surface area (Å²) in [7, 11) is 1.78. The Bertz CT molecular complexity index is 431. The van der Waals surface area contributed by atoms with Crippen molar-refractivity contribution in [2.45, 2.75) is 30.6 Å². The Balaban J connectivity index is 2.05. The van der Waals surface area contributed by atoms with E-state index in [1.54, 1.807) is 30.9 Å². The molecule has 5 heteroatoms. The van der Waals surface area contributed by atoms with E-state index in [1.807, 2.05) is 6.07 Å². The van der Waals surface area contributed by atoms with E-state index in [2.05, 4.69) is 5.32 Å². The molecule has 2 rings (SSSR count). The molecule has 0 saturated heterocycles. The van der Waals surface area contributed by atoms with E-state index in [-0.39, 0.29) is 10.6 Å². The van der Waals surface area contributed by atoms with Crippen LogP contribution in [0.2, 0.25) is 0 Å². The highest BCUT2D eigenvalue weighted by Gasteiger charge is 2.16. The number of nitro groups is 1. The second-order valence-corrected chi connectivity index (χ2v) is 5.78. The van der Waals surface area contributed by atoms with Gasteiger partial charge in [-0.05, 0) is 24.8 Å². The molecule has 0 aliphatic heterocycles. The summed E-state index contributed by atoms with van der Waals surface area (Å²) in [5, 5.41) is 13.8. The second-order valence-electron chi connectivity index (χ2n) is 4.68. The predicted molar refractivity (Wildman–Crippen MR) is 75.3 cm³/mol. The van der Waals surface area contributed by atoms with Gasteiger partial charge in [0.2, 0.25) is 0 Å². The van der Waals surface area contributed by atoms with Gasteiger partial charge < -0.3 is 5.32 Å². The van der Waals surface area contributed by atoms with Gasteiger partial charge in [-0.15, -0.1) is 11.8 Å². The third-order valence-corrected chi connectivity index (χ3v) is 4.56. The first kappa shape index (κ1) is 13.2. The smallest absolute Gasteiger partial charge is 0.272 e. The number of nitro benzene ring substituents is 1. The van der Waals surface area contributed by atoms with Gasteiger partial charge >= 0.3 is 0 Å². The lowest BCUT2D eigenvalue weighted by Crippen LogP contribution is -1.97. The van der Waals surface area contributed by atoms with Crippen LogP contribution in [-0.2, 0) is 0 Å². The van der Waals surface area contributed by atoms with E-state index in [1.165, 1.54) is 25.7 Å². The van der Waals surface area contributed by atoms with Gasteiger partial charge in [0, 0.05) is 35.5 Å². The van der Waals surface area contributed by atoms with Gasteiger partial charge in [-0.1, -0.05) is 12.8 Å². The van der Waals surface area contributed by atoms with Crippen molar-refractivity contribution in [3.8, 4) is 0 Å². The summed E-state index contributed by atoms with van der Waals surface area (Å²) in [4.78, 5) is 11.5. The number of nitrogens with one attached hydrogen (secondary N) is 1. The number of rotatable bonds is 5. The standard InChI is InChI=1S/C13H18N2O2S/c1-14-11-6-12(15(16)17)8-13(7-11)18-9-10-4-2-3-5-10/h6-8,10,14H,2-5,9H2,1H3. The number of thioether (sulfide) groups is 1. The maximum atomic E-state index is 10.9. The summed E-state index contributed by atoms with van der Waals surface area (Å²) >= 11 is 1.73. The van der Waals surface area contributed by atoms with Crippen molar-refractivity contribution >= 4 is 23.1 Å². The molecule has 1 fully saturated rings. The Hall–Kier alpha value is -1.23. The minimum Gasteiger partial charge on any atom is -0.388 e. The molecule has 1 N–H and O–H groups in total. The Morgan fingerprint density at radius 2 is 2.11 bits per heavy atom. The molecule has 0 heterocycles. The number of nitrogens with zero attached hydrogens (tertiary/aromatic N) is 1.